The summed E-state index contributed by atoms with van der Waals surface area (Å²) in [5.74, 6) is 1.56. The second-order valence-electron chi connectivity index (χ2n) is 5.85. The highest BCUT2D eigenvalue weighted by Gasteiger charge is 2.24. The van der Waals surface area contributed by atoms with E-state index in [9.17, 15) is 0 Å². The van der Waals surface area contributed by atoms with Crippen molar-refractivity contribution in [1.82, 2.24) is 14.8 Å². The lowest BCUT2D eigenvalue weighted by atomic mass is 10.0. The summed E-state index contributed by atoms with van der Waals surface area (Å²) in [7, 11) is 0. The Bertz CT molecular complexity index is 860. The van der Waals surface area contributed by atoms with Crippen molar-refractivity contribution in [2.24, 2.45) is 0 Å². The van der Waals surface area contributed by atoms with Gasteiger partial charge in [0, 0.05) is 5.70 Å². The number of aromatic nitrogens is 3. The van der Waals surface area contributed by atoms with Crippen LogP contribution in [0.5, 0.6) is 0 Å². The second kappa shape index (κ2) is 5.39. The number of benzene rings is 2. The van der Waals surface area contributed by atoms with E-state index in [2.05, 4.69) is 64.8 Å². The molecule has 23 heavy (non-hydrogen) atoms. The minimum Gasteiger partial charge on any atom is -0.324 e. The molecule has 1 atom stereocenters. The maximum absolute atomic E-state index is 4.56. The predicted molar refractivity (Wildman–Crippen MR) is 92.1 cm³/mol. The highest BCUT2D eigenvalue weighted by molar-refractivity contribution is 5.77. The topological polar surface area (TPSA) is 42.7 Å². The van der Waals surface area contributed by atoms with Crippen LogP contribution in [0.1, 0.15) is 28.6 Å². The number of fused-ring (bicyclic) bond motifs is 1. The van der Waals surface area contributed by atoms with Crippen molar-refractivity contribution < 1.29 is 0 Å². The van der Waals surface area contributed by atoms with E-state index in [0.29, 0.717) is 0 Å². The van der Waals surface area contributed by atoms with Crippen LogP contribution in [0.4, 0.5) is 5.95 Å². The van der Waals surface area contributed by atoms with Gasteiger partial charge in [-0.25, -0.2) is 4.68 Å². The van der Waals surface area contributed by atoms with Gasteiger partial charge in [0.05, 0.1) is 0 Å². The fourth-order valence-corrected chi connectivity index (χ4v) is 2.89. The van der Waals surface area contributed by atoms with E-state index in [4.69, 9.17) is 0 Å². The van der Waals surface area contributed by atoms with Gasteiger partial charge in [-0.3, -0.25) is 0 Å². The van der Waals surface area contributed by atoms with Crippen molar-refractivity contribution in [1.29, 1.82) is 0 Å². The Kier molecular flexibility index (Phi) is 3.23. The fraction of sp³-hybridized carbons (Fsp3) is 0.158. The SMILES string of the molecule is Cc1ccc(C2C=C(c3ccccc3)Nc3nc(C)nn32)cc1. The number of hydrogen-bond donors (Lipinski definition) is 1. The van der Waals surface area contributed by atoms with E-state index < -0.39 is 0 Å². The van der Waals surface area contributed by atoms with Gasteiger partial charge in [0.15, 0.2) is 0 Å². The lowest BCUT2D eigenvalue weighted by molar-refractivity contribution is 0.607. The summed E-state index contributed by atoms with van der Waals surface area (Å²) in [6, 6.07) is 18.9. The second-order valence-corrected chi connectivity index (χ2v) is 5.85. The molecule has 2 aromatic carbocycles. The van der Waals surface area contributed by atoms with Crippen LogP contribution in [-0.4, -0.2) is 14.8 Å². The minimum absolute atomic E-state index is 0.0447. The molecule has 4 heteroatoms. The predicted octanol–water partition coefficient (Wildman–Crippen LogP) is 3.95. The average molecular weight is 302 g/mol. The van der Waals surface area contributed by atoms with E-state index in [-0.39, 0.29) is 6.04 Å². The van der Waals surface area contributed by atoms with Gasteiger partial charge in [0.1, 0.15) is 11.9 Å². The maximum Gasteiger partial charge on any atom is 0.226 e. The zero-order valence-electron chi connectivity index (χ0n) is 13.2. The molecule has 0 amide bonds. The third kappa shape index (κ3) is 2.52. The summed E-state index contributed by atoms with van der Waals surface area (Å²) in [4.78, 5) is 4.52. The molecule has 1 unspecified atom stereocenters. The molecule has 0 aliphatic carbocycles. The first kappa shape index (κ1) is 13.8. The summed E-state index contributed by atoms with van der Waals surface area (Å²) in [5, 5.41) is 7.95. The Morgan fingerprint density at radius 3 is 2.43 bits per heavy atom. The van der Waals surface area contributed by atoms with Crippen LogP contribution < -0.4 is 5.32 Å². The molecular formula is C19H18N4. The van der Waals surface area contributed by atoms with Gasteiger partial charge >= 0.3 is 0 Å². The smallest absolute Gasteiger partial charge is 0.226 e. The Morgan fingerprint density at radius 2 is 1.70 bits per heavy atom. The average Bonchev–Trinajstić information content (AvgIpc) is 2.96. The van der Waals surface area contributed by atoms with Gasteiger partial charge in [-0.05, 0) is 31.1 Å². The molecular weight excluding hydrogens is 284 g/mol. The molecule has 0 saturated heterocycles. The van der Waals surface area contributed by atoms with Crippen molar-refractivity contribution in [3.8, 4) is 0 Å². The Hall–Kier alpha value is -2.88. The van der Waals surface area contributed by atoms with Gasteiger partial charge in [-0.2, -0.15) is 10.1 Å². The van der Waals surface area contributed by atoms with Crippen LogP contribution >= 0.6 is 0 Å². The molecule has 1 N–H and O–H groups in total. The standard InChI is InChI=1S/C19H18N4/c1-13-8-10-16(11-9-13)18-12-17(15-6-4-3-5-7-15)21-19-20-14(2)22-23(18)19/h3-12,18H,1-2H3,(H,20,21,22). The molecule has 0 radical (unpaired) electrons. The molecule has 3 aromatic rings. The minimum atomic E-state index is 0.0447. The van der Waals surface area contributed by atoms with Gasteiger partial charge in [-0.1, -0.05) is 60.2 Å². The number of anilines is 1. The lowest BCUT2D eigenvalue weighted by Crippen LogP contribution is -2.20. The van der Waals surface area contributed by atoms with Crippen molar-refractivity contribution in [3.05, 3.63) is 83.2 Å². The van der Waals surface area contributed by atoms with Crippen molar-refractivity contribution in [2.45, 2.75) is 19.9 Å². The van der Waals surface area contributed by atoms with E-state index in [1.165, 1.54) is 11.1 Å². The van der Waals surface area contributed by atoms with Crippen LogP contribution in [-0.2, 0) is 0 Å². The molecule has 4 nitrogen and oxygen atoms in total. The van der Waals surface area contributed by atoms with Crippen LogP contribution in [0, 0.1) is 13.8 Å². The first-order valence-corrected chi connectivity index (χ1v) is 7.75. The van der Waals surface area contributed by atoms with Crippen molar-refractivity contribution in [3.63, 3.8) is 0 Å². The first-order valence-electron chi connectivity index (χ1n) is 7.75. The Labute approximate surface area is 135 Å². The number of nitrogens with one attached hydrogen (secondary N) is 1. The number of allylic oxidation sites excluding steroid dienone is 1. The molecule has 4 rings (SSSR count). The molecule has 1 aromatic heterocycles. The summed E-state index contributed by atoms with van der Waals surface area (Å²) in [6.45, 7) is 4.02. The van der Waals surface area contributed by atoms with E-state index in [1.54, 1.807) is 0 Å². The van der Waals surface area contributed by atoms with Crippen molar-refractivity contribution >= 4 is 11.6 Å². The summed E-state index contributed by atoms with van der Waals surface area (Å²) < 4.78 is 1.95. The molecule has 1 aliphatic rings. The van der Waals surface area contributed by atoms with Gasteiger partial charge in [0.25, 0.3) is 0 Å². The number of aryl methyl sites for hydroxylation is 2. The van der Waals surface area contributed by atoms with Crippen LogP contribution in [0.3, 0.4) is 0 Å². The van der Waals surface area contributed by atoms with Crippen molar-refractivity contribution in [2.75, 3.05) is 5.32 Å². The molecule has 114 valence electrons. The largest absolute Gasteiger partial charge is 0.324 e. The third-order valence-electron chi connectivity index (χ3n) is 4.08. The number of hydrogen-bond acceptors (Lipinski definition) is 3. The van der Waals surface area contributed by atoms with Crippen LogP contribution in [0.2, 0.25) is 0 Å². The Morgan fingerprint density at radius 1 is 0.957 bits per heavy atom. The van der Waals surface area contributed by atoms with Gasteiger partial charge in [0.2, 0.25) is 5.95 Å². The van der Waals surface area contributed by atoms with E-state index in [1.807, 2.05) is 29.8 Å². The monoisotopic (exact) mass is 302 g/mol. The van der Waals surface area contributed by atoms with Crippen LogP contribution in [0.15, 0.2) is 60.7 Å². The Balaban J connectivity index is 1.83. The third-order valence-corrected chi connectivity index (χ3v) is 4.08. The zero-order chi connectivity index (χ0) is 15.8. The van der Waals surface area contributed by atoms with Crippen LogP contribution in [0.25, 0.3) is 5.70 Å². The fourth-order valence-electron chi connectivity index (χ4n) is 2.89. The molecule has 0 fully saturated rings. The lowest BCUT2D eigenvalue weighted by Gasteiger charge is -2.24. The number of nitrogens with zero attached hydrogens (tertiary/aromatic N) is 3. The molecule has 1 aliphatic heterocycles. The highest BCUT2D eigenvalue weighted by atomic mass is 15.4. The normalized spacial score (nSPS) is 16.4. The quantitative estimate of drug-likeness (QED) is 0.779. The maximum atomic E-state index is 4.56. The molecule has 0 spiro atoms. The zero-order valence-corrected chi connectivity index (χ0v) is 13.2. The first-order chi connectivity index (χ1) is 11.2. The van der Waals surface area contributed by atoms with E-state index >= 15 is 0 Å². The van der Waals surface area contributed by atoms with Gasteiger partial charge in [-0.15, -0.1) is 0 Å². The van der Waals surface area contributed by atoms with E-state index in [0.717, 1.165) is 23.0 Å². The summed E-state index contributed by atoms with van der Waals surface area (Å²) >= 11 is 0. The summed E-state index contributed by atoms with van der Waals surface area (Å²) in [6.07, 6.45) is 2.21. The molecule has 0 bridgehead atoms. The van der Waals surface area contributed by atoms with Gasteiger partial charge < -0.3 is 5.32 Å². The molecule has 2 heterocycles. The summed E-state index contributed by atoms with van der Waals surface area (Å²) in [5.41, 5.74) is 4.68. The highest BCUT2D eigenvalue weighted by Crippen LogP contribution is 2.32. The number of rotatable bonds is 2. The molecule has 0 saturated carbocycles.